The zero-order valence-corrected chi connectivity index (χ0v) is 15.2. The van der Waals surface area contributed by atoms with E-state index in [0.717, 1.165) is 0 Å². The molecule has 0 rings (SSSR count). The van der Waals surface area contributed by atoms with Gasteiger partial charge in [-0.15, -0.1) is 0 Å². The highest BCUT2D eigenvalue weighted by Crippen LogP contribution is 2.15. The molecule has 0 radical (unpaired) electrons. The van der Waals surface area contributed by atoms with Gasteiger partial charge in [-0.3, -0.25) is 4.99 Å². The predicted molar refractivity (Wildman–Crippen MR) is 88.6 cm³/mol. The molecule has 0 heterocycles. The lowest BCUT2D eigenvalue weighted by Crippen LogP contribution is -2.42. The molecule has 0 fully saturated rings. The molecule has 0 aromatic carbocycles. The lowest BCUT2D eigenvalue weighted by Gasteiger charge is -2.22. The Morgan fingerprint density at radius 2 is 1.71 bits per heavy atom. The molecule has 0 aliphatic rings. The van der Waals surface area contributed by atoms with Gasteiger partial charge >= 0.3 is 0 Å². The molecule has 0 aromatic rings. The minimum absolute atomic E-state index is 0.0780. The van der Waals surface area contributed by atoms with Crippen molar-refractivity contribution in [1.82, 2.24) is 10.6 Å². The fourth-order valence-corrected chi connectivity index (χ4v) is 2.27. The van der Waals surface area contributed by atoms with Gasteiger partial charge in [0.15, 0.2) is 15.8 Å². The molecule has 0 saturated heterocycles. The molecule has 0 atom stereocenters. The van der Waals surface area contributed by atoms with E-state index in [1.54, 1.807) is 27.9 Å². The average molecular weight is 321 g/mol. The van der Waals surface area contributed by atoms with Gasteiger partial charge < -0.3 is 15.4 Å². The summed E-state index contributed by atoms with van der Waals surface area (Å²) in [6, 6.07) is 0. The van der Waals surface area contributed by atoms with Gasteiger partial charge in [0.05, 0.1) is 22.6 Å². The van der Waals surface area contributed by atoms with Crippen LogP contribution in [0.2, 0.25) is 0 Å². The van der Waals surface area contributed by atoms with Crippen molar-refractivity contribution >= 4 is 15.8 Å². The van der Waals surface area contributed by atoms with Crippen LogP contribution in [0.25, 0.3) is 0 Å². The zero-order chi connectivity index (χ0) is 16.7. The minimum atomic E-state index is -3.13. The second-order valence-corrected chi connectivity index (χ2v) is 9.38. The summed E-state index contributed by atoms with van der Waals surface area (Å²) in [7, 11) is -1.48. The summed E-state index contributed by atoms with van der Waals surface area (Å²) >= 11 is 0. The molecule has 6 nitrogen and oxygen atoms in total. The molecular weight excluding hydrogens is 290 g/mol. The van der Waals surface area contributed by atoms with Crippen molar-refractivity contribution in [3.05, 3.63) is 0 Å². The van der Waals surface area contributed by atoms with Gasteiger partial charge in [-0.05, 0) is 41.5 Å². The number of hydrogen-bond donors (Lipinski definition) is 2. The third-order valence-electron chi connectivity index (χ3n) is 3.11. The zero-order valence-electron chi connectivity index (χ0n) is 14.4. The average Bonchev–Trinajstić information content (AvgIpc) is 2.34. The molecule has 126 valence electrons. The summed E-state index contributed by atoms with van der Waals surface area (Å²) in [4.78, 5) is 4.41. The van der Waals surface area contributed by atoms with Crippen molar-refractivity contribution in [1.29, 1.82) is 0 Å². The van der Waals surface area contributed by atoms with E-state index in [1.165, 1.54) is 0 Å². The van der Waals surface area contributed by atoms with Crippen LogP contribution in [0.15, 0.2) is 4.99 Å². The van der Waals surface area contributed by atoms with Gasteiger partial charge in [-0.2, -0.15) is 0 Å². The Hall–Kier alpha value is -0.820. The fourth-order valence-electron chi connectivity index (χ4n) is 1.29. The van der Waals surface area contributed by atoms with Gasteiger partial charge in [0.2, 0.25) is 0 Å². The number of rotatable bonds is 7. The van der Waals surface area contributed by atoms with E-state index in [2.05, 4.69) is 15.6 Å². The number of ether oxygens (including phenoxy) is 1. The number of sulfone groups is 1. The van der Waals surface area contributed by atoms with E-state index in [1.807, 2.05) is 20.8 Å². The molecule has 0 aliphatic carbocycles. The topological polar surface area (TPSA) is 79.8 Å². The van der Waals surface area contributed by atoms with Gasteiger partial charge in [0.25, 0.3) is 0 Å². The Morgan fingerprint density at radius 3 is 2.14 bits per heavy atom. The molecular formula is C14H31N3O3S. The summed E-state index contributed by atoms with van der Waals surface area (Å²) in [6.45, 7) is 12.5. The predicted octanol–water partition coefficient (Wildman–Crippen LogP) is 1.18. The highest BCUT2D eigenvalue weighted by molar-refractivity contribution is 7.92. The number of methoxy groups -OCH3 is 1. The van der Waals surface area contributed by atoms with Crippen LogP contribution in [0, 0.1) is 0 Å². The van der Waals surface area contributed by atoms with Gasteiger partial charge in [0, 0.05) is 20.2 Å². The maximum Gasteiger partial charge on any atom is 0.191 e. The van der Waals surface area contributed by atoms with Crippen LogP contribution in [0.1, 0.15) is 41.5 Å². The van der Waals surface area contributed by atoms with Crippen LogP contribution >= 0.6 is 0 Å². The third-order valence-corrected chi connectivity index (χ3v) is 5.72. The molecule has 0 saturated carbocycles. The fraction of sp³-hybridized carbons (Fsp3) is 0.929. The number of guanidine groups is 1. The van der Waals surface area contributed by atoms with E-state index in [-0.39, 0.29) is 11.4 Å². The standard InChI is InChI=1S/C14H31N3O3S/c1-8-15-12(17-11-14(5,6)20-7)16-9-10-21(18,19)13(2,3)4/h8-11H2,1-7H3,(H2,15,16,17). The lowest BCUT2D eigenvalue weighted by molar-refractivity contribution is 0.0310. The van der Waals surface area contributed by atoms with E-state index < -0.39 is 14.6 Å². The maximum atomic E-state index is 12.0. The Kier molecular flexibility index (Phi) is 7.67. The second-order valence-electron chi connectivity index (χ2n) is 6.52. The van der Waals surface area contributed by atoms with E-state index >= 15 is 0 Å². The highest BCUT2D eigenvalue weighted by atomic mass is 32.2. The van der Waals surface area contributed by atoms with Crippen LogP contribution in [0.4, 0.5) is 0 Å². The number of hydrogen-bond acceptors (Lipinski definition) is 4. The highest BCUT2D eigenvalue weighted by Gasteiger charge is 2.28. The van der Waals surface area contributed by atoms with Crippen LogP contribution in [0.5, 0.6) is 0 Å². The first-order valence-corrected chi connectivity index (χ1v) is 8.90. The molecule has 0 spiro atoms. The van der Waals surface area contributed by atoms with Gasteiger partial charge in [-0.25, -0.2) is 8.42 Å². The molecule has 0 bridgehead atoms. The van der Waals surface area contributed by atoms with E-state index in [0.29, 0.717) is 25.6 Å². The van der Waals surface area contributed by atoms with Crippen molar-refractivity contribution in [2.24, 2.45) is 4.99 Å². The first-order chi connectivity index (χ1) is 9.45. The first kappa shape index (κ1) is 20.2. The van der Waals surface area contributed by atoms with Crippen molar-refractivity contribution in [3.8, 4) is 0 Å². The van der Waals surface area contributed by atoms with Crippen LogP contribution in [-0.4, -0.2) is 57.2 Å². The third kappa shape index (κ3) is 7.66. The minimum Gasteiger partial charge on any atom is -0.377 e. The molecule has 7 heteroatoms. The number of aliphatic imine (C=N–C) groups is 1. The normalized spacial score (nSPS) is 14.1. The van der Waals surface area contributed by atoms with Crippen molar-refractivity contribution in [3.63, 3.8) is 0 Å². The lowest BCUT2D eigenvalue weighted by atomic mass is 10.1. The SMILES string of the molecule is CCNC(=NCC(C)(C)OC)NCCS(=O)(=O)C(C)(C)C. The largest absolute Gasteiger partial charge is 0.377 e. The van der Waals surface area contributed by atoms with Gasteiger partial charge in [-0.1, -0.05) is 0 Å². The Morgan fingerprint density at radius 1 is 1.14 bits per heavy atom. The molecule has 0 amide bonds. The summed E-state index contributed by atoms with van der Waals surface area (Å²) in [6.07, 6.45) is 0. The second kappa shape index (κ2) is 7.98. The van der Waals surface area contributed by atoms with E-state index in [9.17, 15) is 8.42 Å². The smallest absolute Gasteiger partial charge is 0.191 e. The molecule has 0 unspecified atom stereocenters. The van der Waals surface area contributed by atoms with E-state index in [4.69, 9.17) is 4.74 Å². The first-order valence-electron chi connectivity index (χ1n) is 7.25. The molecule has 21 heavy (non-hydrogen) atoms. The van der Waals surface area contributed by atoms with Crippen molar-refractivity contribution < 1.29 is 13.2 Å². The number of nitrogens with one attached hydrogen (secondary N) is 2. The Balaban J connectivity index is 4.58. The number of nitrogens with zero attached hydrogens (tertiary/aromatic N) is 1. The van der Waals surface area contributed by atoms with Crippen LogP contribution in [-0.2, 0) is 14.6 Å². The van der Waals surface area contributed by atoms with Crippen LogP contribution in [0.3, 0.4) is 0 Å². The van der Waals surface area contributed by atoms with Crippen LogP contribution < -0.4 is 10.6 Å². The molecule has 0 aliphatic heterocycles. The van der Waals surface area contributed by atoms with Gasteiger partial charge in [0.1, 0.15) is 0 Å². The summed E-state index contributed by atoms with van der Waals surface area (Å²) in [5.74, 6) is 0.681. The Labute approximate surface area is 129 Å². The Bertz CT molecular complexity index is 437. The maximum absolute atomic E-state index is 12.0. The quantitative estimate of drug-likeness (QED) is 0.544. The summed E-state index contributed by atoms with van der Waals surface area (Å²) in [5, 5.41) is 6.14. The summed E-state index contributed by atoms with van der Waals surface area (Å²) < 4.78 is 28.6. The monoisotopic (exact) mass is 321 g/mol. The molecule has 0 aromatic heterocycles. The molecule has 2 N–H and O–H groups in total. The van der Waals surface area contributed by atoms with Crippen molar-refractivity contribution in [2.45, 2.75) is 51.9 Å². The summed E-state index contributed by atoms with van der Waals surface area (Å²) in [5.41, 5.74) is -0.347. The van der Waals surface area contributed by atoms with Crippen molar-refractivity contribution in [2.75, 3.05) is 32.5 Å².